The zero-order chi connectivity index (χ0) is 25.8. The van der Waals surface area contributed by atoms with Gasteiger partial charge in [0.2, 0.25) is 0 Å². The van der Waals surface area contributed by atoms with Gasteiger partial charge in [0, 0.05) is 12.1 Å². The number of hydrogen-bond acceptors (Lipinski definition) is 4. The molecular weight excluding hydrogens is 463 g/mol. The number of carboxylic acid groups (broad SMARTS) is 1. The van der Waals surface area contributed by atoms with Crippen LogP contribution in [-0.2, 0) is 17.6 Å². The fourth-order valence-corrected chi connectivity index (χ4v) is 3.35. The zero-order valence-corrected chi connectivity index (χ0v) is 19.3. The first-order chi connectivity index (χ1) is 16.5. The second-order valence-electron chi connectivity index (χ2n) is 8.06. The SMILES string of the molecule is Cc1ccc(C(=O)N(c2ccc(C(F)(F)F)cc2OCc2ccc(/C=C/C(=O)O)cc2)C(C)C)o1. The van der Waals surface area contributed by atoms with Gasteiger partial charge in [0.05, 0.1) is 11.3 Å². The Labute approximate surface area is 200 Å². The molecule has 6 nitrogen and oxygen atoms in total. The fourth-order valence-electron chi connectivity index (χ4n) is 3.35. The lowest BCUT2D eigenvalue weighted by molar-refractivity contribution is -0.137. The molecule has 2 aromatic carbocycles. The van der Waals surface area contributed by atoms with Crippen LogP contribution in [0.2, 0.25) is 0 Å². The highest BCUT2D eigenvalue weighted by atomic mass is 19.4. The Morgan fingerprint density at radius 1 is 1.09 bits per heavy atom. The number of aryl methyl sites for hydroxylation is 1. The minimum absolute atomic E-state index is 0.0621. The van der Waals surface area contributed by atoms with Crippen LogP contribution in [0.4, 0.5) is 18.9 Å². The monoisotopic (exact) mass is 487 g/mol. The Kier molecular flexibility index (Phi) is 7.68. The van der Waals surface area contributed by atoms with E-state index >= 15 is 0 Å². The van der Waals surface area contributed by atoms with Crippen LogP contribution in [0.3, 0.4) is 0 Å². The van der Waals surface area contributed by atoms with E-state index in [1.165, 1.54) is 23.1 Å². The Balaban J connectivity index is 1.94. The molecule has 0 unspecified atom stereocenters. The number of carboxylic acids is 1. The number of ether oxygens (including phenoxy) is 1. The Morgan fingerprint density at radius 3 is 2.31 bits per heavy atom. The zero-order valence-electron chi connectivity index (χ0n) is 19.3. The summed E-state index contributed by atoms with van der Waals surface area (Å²) in [6.45, 7) is 5.08. The van der Waals surface area contributed by atoms with Gasteiger partial charge >= 0.3 is 12.1 Å². The van der Waals surface area contributed by atoms with Crippen molar-refractivity contribution in [1.82, 2.24) is 0 Å². The fraction of sp³-hybridized carbons (Fsp3) is 0.231. The van der Waals surface area contributed by atoms with Crippen LogP contribution in [-0.4, -0.2) is 23.0 Å². The van der Waals surface area contributed by atoms with E-state index in [-0.39, 0.29) is 23.8 Å². The number of furan rings is 1. The van der Waals surface area contributed by atoms with Gasteiger partial charge in [-0.05, 0) is 68.3 Å². The highest BCUT2D eigenvalue weighted by molar-refractivity contribution is 6.05. The van der Waals surface area contributed by atoms with Crippen molar-refractivity contribution in [1.29, 1.82) is 0 Å². The maximum atomic E-state index is 13.4. The average molecular weight is 487 g/mol. The smallest absolute Gasteiger partial charge is 0.416 e. The molecule has 1 aromatic heterocycles. The lowest BCUT2D eigenvalue weighted by atomic mass is 10.1. The summed E-state index contributed by atoms with van der Waals surface area (Å²) in [4.78, 5) is 25.1. The normalized spacial score (nSPS) is 11.7. The molecule has 0 aliphatic rings. The third-order valence-corrected chi connectivity index (χ3v) is 5.03. The summed E-state index contributed by atoms with van der Waals surface area (Å²) < 4.78 is 51.5. The number of nitrogens with zero attached hydrogens (tertiary/aromatic N) is 1. The van der Waals surface area contributed by atoms with Crippen molar-refractivity contribution in [2.24, 2.45) is 0 Å². The van der Waals surface area contributed by atoms with Gasteiger partial charge in [-0.2, -0.15) is 13.2 Å². The largest absolute Gasteiger partial charge is 0.487 e. The van der Waals surface area contributed by atoms with Crippen LogP contribution in [0, 0.1) is 6.92 Å². The lowest BCUT2D eigenvalue weighted by Crippen LogP contribution is -2.37. The van der Waals surface area contributed by atoms with E-state index in [4.69, 9.17) is 14.3 Å². The predicted octanol–water partition coefficient (Wildman–Crippen LogP) is 6.34. The van der Waals surface area contributed by atoms with E-state index in [9.17, 15) is 22.8 Å². The lowest BCUT2D eigenvalue weighted by Gasteiger charge is -2.28. The van der Waals surface area contributed by atoms with Crippen LogP contribution < -0.4 is 9.64 Å². The molecule has 0 bridgehead atoms. The van der Waals surface area contributed by atoms with Crippen molar-refractivity contribution in [3.05, 3.63) is 88.9 Å². The molecule has 9 heteroatoms. The summed E-state index contributed by atoms with van der Waals surface area (Å²) in [5, 5.41) is 8.72. The predicted molar refractivity (Wildman–Crippen MR) is 124 cm³/mol. The van der Waals surface area contributed by atoms with E-state index in [0.29, 0.717) is 16.9 Å². The molecule has 35 heavy (non-hydrogen) atoms. The summed E-state index contributed by atoms with van der Waals surface area (Å²) in [5.41, 5.74) is 0.551. The molecule has 3 rings (SSSR count). The van der Waals surface area contributed by atoms with Crippen molar-refractivity contribution in [2.75, 3.05) is 4.90 Å². The van der Waals surface area contributed by atoms with Gasteiger partial charge in [0.25, 0.3) is 5.91 Å². The van der Waals surface area contributed by atoms with E-state index in [0.717, 1.165) is 18.2 Å². The van der Waals surface area contributed by atoms with E-state index in [1.807, 2.05) is 0 Å². The molecule has 0 aliphatic carbocycles. The number of aliphatic carboxylic acids is 1. The first-order valence-corrected chi connectivity index (χ1v) is 10.7. The number of halogens is 3. The molecule has 0 aliphatic heterocycles. The first kappa shape index (κ1) is 25.6. The molecule has 184 valence electrons. The van der Waals surface area contributed by atoms with E-state index in [1.54, 1.807) is 51.1 Å². The molecule has 0 saturated carbocycles. The topological polar surface area (TPSA) is 80.0 Å². The summed E-state index contributed by atoms with van der Waals surface area (Å²) in [7, 11) is 0. The molecule has 1 N–H and O–H groups in total. The molecule has 0 atom stereocenters. The molecule has 0 saturated heterocycles. The summed E-state index contributed by atoms with van der Waals surface area (Å²) in [5.74, 6) is -1.11. The van der Waals surface area contributed by atoms with Crippen molar-refractivity contribution >= 4 is 23.6 Å². The van der Waals surface area contributed by atoms with Gasteiger partial charge in [-0.3, -0.25) is 9.69 Å². The molecular formula is C26H24F3NO5. The molecule has 1 amide bonds. The maximum Gasteiger partial charge on any atom is 0.416 e. The average Bonchev–Trinajstić information content (AvgIpc) is 3.23. The molecule has 1 heterocycles. The summed E-state index contributed by atoms with van der Waals surface area (Å²) in [6, 6.07) is 12.4. The second kappa shape index (κ2) is 10.5. The number of carbonyl (C=O) groups excluding carboxylic acids is 1. The minimum Gasteiger partial charge on any atom is -0.487 e. The highest BCUT2D eigenvalue weighted by Crippen LogP contribution is 2.38. The molecule has 0 spiro atoms. The van der Waals surface area contributed by atoms with Crippen molar-refractivity contribution in [2.45, 2.75) is 39.6 Å². The van der Waals surface area contributed by atoms with Gasteiger partial charge in [-0.1, -0.05) is 24.3 Å². The van der Waals surface area contributed by atoms with Crippen molar-refractivity contribution in [3.63, 3.8) is 0 Å². The van der Waals surface area contributed by atoms with Gasteiger partial charge < -0.3 is 14.3 Å². The van der Waals surface area contributed by atoms with Gasteiger partial charge in [0.15, 0.2) is 5.76 Å². The summed E-state index contributed by atoms with van der Waals surface area (Å²) >= 11 is 0. The van der Waals surface area contributed by atoms with Crippen LogP contribution in [0.25, 0.3) is 6.08 Å². The van der Waals surface area contributed by atoms with Gasteiger partial charge in [-0.25, -0.2) is 4.79 Å². The molecule has 0 radical (unpaired) electrons. The highest BCUT2D eigenvalue weighted by Gasteiger charge is 2.33. The Hall–Kier alpha value is -4.01. The molecule has 0 fully saturated rings. The Morgan fingerprint density at radius 2 is 1.77 bits per heavy atom. The minimum atomic E-state index is -4.60. The number of anilines is 1. The third-order valence-electron chi connectivity index (χ3n) is 5.03. The third kappa shape index (κ3) is 6.53. The van der Waals surface area contributed by atoms with Crippen LogP contribution in [0.15, 0.2) is 65.1 Å². The maximum absolute atomic E-state index is 13.4. The summed E-state index contributed by atoms with van der Waals surface area (Å²) in [6.07, 6.45) is -2.18. The van der Waals surface area contributed by atoms with Crippen LogP contribution >= 0.6 is 0 Å². The van der Waals surface area contributed by atoms with Crippen LogP contribution in [0.5, 0.6) is 5.75 Å². The number of rotatable bonds is 8. The number of amides is 1. The second-order valence-corrected chi connectivity index (χ2v) is 8.06. The van der Waals surface area contributed by atoms with Crippen molar-refractivity contribution in [3.8, 4) is 5.75 Å². The quantitative estimate of drug-likeness (QED) is 0.375. The van der Waals surface area contributed by atoms with Gasteiger partial charge in [-0.15, -0.1) is 0 Å². The standard InChI is InChI=1S/C26H24F3NO5/c1-16(2)30(25(33)22-12-4-17(3)35-22)21-11-10-20(26(27,28)29)14-23(21)34-15-19-7-5-18(6-8-19)9-13-24(31)32/h4-14,16H,15H2,1-3H3,(H,31,32)/b13-9+. The number of benzene rings is 2. The van der Waals surface area contributed by atoms with Crippen molar-refractivity contribution < 1.29 is 37.0 Å². The number of carbonyl (C=O) groups is 2. The Bertz CT molecular complexity index is 1230. The number of alkyl halides is 3. The number of hydrogen-bond donors (Lipinski definition) is 1. The van der Waals surface area contributed by atoms with Gasteiger partial charge in [0.1, 0.15) is 18.1 Å². The first-order valence-electron chi connectivity index (χ1n) is 10.7. The molecule has 3 aromatic rings. The van der Waals surface area contributed by atoms with E-state index in [2.05, 4.69) is 0 Å². The van der Waals surface area contributed by atoms with E-state index < -0.39 is 29.7 Å². The van der Waals surface area contributed by atoms with Crippen LogP contribution in [0.1, 0.15) is 46.9 Å².